The zero-order valence-electron chi connectivity index (χ0n) is 14.4. The molecule has 0 saturated carbocycles. The Kier molecular flexibility index (Phi) is 3.61. The second-order valence-electron chi connectivity index (χ2n) is 6.64. The molecule has 136 valence electrons. The molecule has 2 aliphatic rings. The Hall–Kier alpha value is -3.32. The van der Waals surface area contributed by atoms with Crippen LogP contribution in [0.2, 0.25) is 0 Å². The number of amides is 2. The van der Waals surface area contributed by atoms with Crippen LogP contribution in [0.15, 0.2) is 48.7 Å². The van der Waals surface area contributed by atoms with Crippen molar-refractivity contribution in [3.05, 3.63) is 54.2 Å². The number of hydrogen-bond donors (Lipinski definition) is 2. The largest absolute Gasteiger partial charge is 0.454 e. The van der Waals surface area contributed by atoms with Gasteiger partial charge in [0.2, 0.25) is 12.7 Å². The summed E-state index contributed by atoms with van der Waals surface area (Å²) in [5.74, 6) is 0.987. The van der Waals surface area contributed by atoms with Gasteiger partial charge in [0.15, 0.2) is 11.5 Å². The molecule has 7 nitrogen and oxygen atoms in total. The fourth-order valence-electron chi connectivity index (χ4n) is 3.53. The Morgan fingerprint density at radius 1 is 1.07 bits per heavy atom. The van der Waals surface area contributed by atoms with Crippen molar-refractivity contribution in [1.29, 1.82) is 0 Å². The zero-order chi connectivity index (χ0) is 18.4. The van der Waals surface area contributed by atoms with E-state index in [1.807, 2.05) is 42.6 Å². The van der Waals surface area contributed by atoms with E-state index in [-0.39, 0.29) is 25.0 Å². The molecule has 1 fully saturated rings. The highest BCUT2D eigenvalue weighted by Gasteiger charge is 2.39. The lowest BCUT2D eigenvalue weighted by Gasteiger charge is -2.16. The Bertz CT molecular complexity index is 1060. The first-order valence-corrected chi connectivity index (χ1v) is 8.75. The Morgan fingerprint density at radius 2 is 1.96 bits per heavy atom. The average molecular weight is 363 g/mol. The molecular weight excluding hydrogens is 346 g/mol. The van der Waals surface area contributed by atoms with E-state index in [0.717, 1.165) is 22.2 Å². The second kappa shape index (κ2) is 6.14. The van der Waals surface area contributed by atoms with E-state index in [4.69, 9.17) is 9.47 Å². The lowest BCUT2D eigenvalue weighted by Crippen LogP contribution is -2.38. The maximum Gasteiger partial charge on any atom is 0.251 e. The summed E-state index contributed by atoms with van der Waals surface area (Å²) in [5, 5.41) is 4.22. The van der Waals surface area contributed by atoms with Gasteiger partial charge in [0.1, 0.15) is 0 Å². The van der Waals surface area contributed by atoms with Crippen molar-refractivity contribution in [2.24, 2.45) is 0 Å². The van der Waals surface area contributed by atoms with Gasteiger partial charge in [-0.25, -0.2) is 4.90 Å². The first kappa shape index (κ1) is 15.9. The van der Waals surface area contributed by atoms with Crippen LogP contribution in [0.25, 0.3) is 10.9 Å². The molecule has 2 N–H and O–H groups in total. The lowest BCUT2D eigenvalue weighted by atomic mass is 10.1. The van der Waals surface area contributed by atoms with Crippen molar-refractivity contribution in [3.8, 4) is 11.5 Å². The number of ether oxygens (including phenoxy) is 2. The topological polar surface area (TPSA) is 83.7 Å². The van der Waals surface area contributed by atoms with Crippen molar-refractivity contribution in [2.45, 2.75) is 19.0 Å². The van der Waals surface area contributed by atoms with Gasteiger partial charge < -0.3 is 19.8 Å². The number of fused-ring (bicyclic) bond motifs is 2. The van der Waals surface area contributed by atoms with Crippen molar-refractivity contribution in [2.75, 3.05) is 11.7 Å². The molecule has 0 bridgehead atoms. The third kappa shape index (κ3) is 2.72. The van der Waals surface area contributed by atoms with E-state index in [2.05, 4.69) is 10.3 Å². The van der Waals surface area contributed by atoms with Gasteiger partial charge in [0.05, 0.1) is 18.2 Å². The number of benzene rings is 2. The van der Waals surface area contributed by atoms with E-state index in [0.29, 0.717) is 18.0 Å². The van der Waals surface area contributed by atoms with Gasteiger partial charge in [-0.2, -0.15) is 0 Å². The number of imide groups is 1. The highest BCUT2D eigenvalue weighted by atomic mass is 16.7. The summed E-state index contributed by atoms with van der Waals surface area (Å²) in [6.07, 6.45) is 1.98. The summed E-state index contributed by atoms with van der Waals surface area (Å²) >= 11 is 0. The molecule has 5 rings (SSSR count). The predicted octanol–water partition coefficient (Wildman–Crippen LogP) is 2.32. The molecule has 2 aliphatic heterocycles. The van der Waals surface area contributed by atoms with Crippen molar-refractivity contribution < 1.29 is 19.1 Å². The molecule has 3 aromatic rings. The summed E-state index contributed by atoms with van der Waals surface area (Å²) in [6.45, 7) is 0.686. The minimum atomic E-state index is -0.540. The number of carbonyl (C=O) groups is 2. The van der Waals surface area contributed by atoms with E-state index in [1.54, 1.807) is 6.07 Å². The van der Waals surface area contributed by atoms with Crippen LogP contribution in [0.5, 0.6) is 11.5 Å². The van der Waals surface area contributed by atoms with E-state index < -0.39 is 6.04 Å². The quantitative estimate of drug-likeness (QED) is 0.695. The molecule has 1 aromatic heterocycles. The Labute approximate surface area is 154 Å². The van der Waals surface area contributed by atoms with Crippen molar-refractivity contribution >= 4 is 28.4 Å². The predicted molar refractivity (Wildman–Crippen MR) is 98.6 cm³/mol. The normalized spacial score (nSPS) is 18.7. The number of H-pyrrole nitrogens is 1. The smallest absolute Gasteiger partial charge is 0.251 e. The van der Waals surface area contributed by atoms with Gasteiger partial charge in [-0.05, 0) is 41.3 Å². The molecule has 0 spiro atoms. The number of carbonyl (C=O) groups excluding carboxylic acids is 2. The highest BCUT2D eigenvalue weighted by Crippen LogP contribution is 2.32. The Balaban J connectivity index is 1.31. The van der Waals surface area contributed by atoms with Crippen LogP contribution < -0.4 is 19.7 Å². The van der Waals surface area contributed by atoms with Gasteiger partial charge in [0, 0.05) is 18.3 Å². The standard InChI is InChI=1S/C20H17N3O4/c24-19-9-16(22-10-12-1-4-17-18(7-12)27-11-26-17)20(25)23(19)14-3-2-13-5-6-21-15(13)8-14/h1-8,16,21-22H,9-11H2/t16-/m0/s1. The Morgan fingerprint density at radius 3 is 2.89 bits per heavy atom. The molecule has 2 amide bonds. The first-order valence-electron chi connectivity index (χ1n) is 8.75. The lowest BCUT2D eigenvalue weighted by molar-refractivity contribution is -0.121. The van der Waals surface area contributed by atoms with Crippen LogP contribution in [-0.4, -0.2) is 29.6 Å². The maximum atomic E-state index is 12.8. The number of anilines is 1. The molecule has 0 unspecified atom stereocenters. The van der Waals surface area contributed by atoms with E-state index in [1.165, 1.54) is 4.90 Å². The van der Waals surface area contributed by atoms with Crippen LogP contribution in [0.3, 0.4) is 0 Å². The van der Waals surface area contributed by atoms with Crippen LogP contribution >= 0.6 is 0 Å². The summed E-state index contributed by atoms with van der Waals surface area (Å²) in [6, 6.07) is 12.6. The van der Waals surface area contributed by atoms with Gasteiger partial charge in [-0.15, -0.1) is 0 Å². The van der Waals surface area contributed by atoms with Crippen LogP contribution in [0.4, 0.5) is 5.69 Å². The number of aromatic amines is 1. The van der Waals surface area contributed by atoms with Crippen molar-refractivity contribution in [3.63, 3.8) is 0 Å². The molecular formula is C20H17N3O4. The summed E-state index contributed by atoms with van der Waals surface area (Å²) in [5.41, 5.74) is 2.45. The number of nitrogens with one attached hydrogen (secondary N) is 2. The molecule has 2 aromatic carbocycles. The first-order chi connectivity index (χ1) is 13.2. The molecule has 1 atom stereocenters. The summed E-state index contributed by atoms with van der Waals surface area (Å²) in [7, 11) is 0. The fourth-order valence-corrected chi connectivity index (χ4v) is 3.53. The minimum Gasteiger partial charge on any atom is -0.454 e. The maximum absolute atomic E-state index is 12.8. The third-order valence-electron chi connectivity index (χ3n) is 4.93. The van der Waals surface area contributed by atoms with Crippen LogP contribution in [0.1, 0.15) is 12.0 Å². The SMILES string of the molecule is O=C1C[C@H](NCc2ccc3c(c2)OCO3)C(=O)N1c1ccc2cc[nH]c2c1. The minimum absolute atomic E-state index is 0.145. The fraction of sp³-hybridized carbons (Fsp3) is 0.200. The van der Waals surface area contributed by atoms with Gasteiger partial charge in [0.25, 0.3) is 5.91 Å². The monoisotopic (exact) mass is 363 g/mol. The molecule has 0 aliphatic carbocycles. The molecule has 27 heavy (non-hydrogen) atoms. The number of rotatable bonds is 4. The average Bonchev–Trinajstić information content (AvgIpc) is 3.38. The van der Waals surface area contributed by atoms with Crippen molar-refractivity contribution in [1.82, 2.24) is 10.3 Å². The van der Waals surface area contributed by atoms with Gasteiger partial charge >= 0.3 is 0 Å². The zero-order valence-corrected chi connectivity index (χ0v) is 14.4. The van der Waals surface area contributed by atoms with Gasteiger partial charge in [-0.1, -0.05) is 12.1 Å². The summed E-state index contributed by atoms with van der Waals surface area (Å²) < 4.78 is 10.7. The van der Waals surface area contributed by atoms with Crippen LogP contribution in [0, 0.1) is 0 Å². The van der Waals surface area contributed by atoms with Crippen LogP contribution in [-0.2, 0) is 16.1 Å². The number of hydrogen-bond acceptors (Lipinski definition) is 5. The molecule has 1 saturated heterocycles. The second-order valence-corrected chi connectivity index (χ2v) is 6.64. The molecule has 0 radical (unpaired) electrons. The molecule has 3 heterocycles. The number of aromatic nitrogens is 1. The van der Waals surface area contributed by atoms with E-state index >= 15 is 0 Å². The highest BCUT2D eigenvalue weighted by molar-refractivity contribution is 6.22. The van der Waals surface area contributed by atoms with Gasteiger partial charge in [-0.3, -0.25) is 9.59 Å². The number of nitrogens with zero attached hydrogens (tertiary/aromatic N) is 1. The molecule has 7 heteroatoms. The van der Waals surface area contributed by atoms with E-state index in [9.17, 15) is 9.59 Å². The third-order valence-corrected chi connectivity index (χ3v) is 4.93. The summed E-state index contributed by atoms with van der Waals surface area (Å²) in [4.78, 5) is 29.6.